The molecule has 4 aromatic rings. The van der Waals surface area contributed by atoms with Gasteiger partial charge in [-0.05, 0) is 53.6 Å². The Morgan fingerprint density at radius 1 is 1.13 bits per heavy atom. The zero-order chi connectivity index (χ0) is 27.6. The first-order valence-corrected chi connectivity index (χ1v) is 13.1. The third kappa shape index (κ3) is 5.44. The molecule has 1 aliphatic rings. The Bertz CT molecular complexity index is 1470. The van der Waals surface area contributed by atoms with Gasteiger partial charge in [0.1, 0.15) is 16.5 Å². The van der Waals surface area contributed by atoms with Crippen LogP contribution in [-0.4, -0.2) is 45.6 Å². The summed E-state index contributed by atoms with van der Waals surface area (Å²) in [5.41, 5.74) is 1.21. The first-order valence-electron chi connectivity index (χ1n) is 12.8. The lowest BCUT2D eigenvalue weighted by atomic mass is 9.71. The molecule has 1 unspecified atom stereocenters. The van der Waals surface area contributed by atoms with Crippen LogP contribution in [0, 0.1) is 5.92 Å². The maximum atomic E-state index is 13.7. The summed E-state index contributed by atoms with van der Waals surface area (Å²) in [6.45, 7) is -0.505. The van der Waals surface area contributed by atoms with Gasteiger partial charge in [0.05, 0.1) is 5.52 Å². The standard InChI is InChI=1S/C30H28ClF2N3O3/c1-19(37)36-14-11-22(12-15-36)30(38,21-7-3-2-4-8-21)23-9-10-26-24(17-23)27(39-29(32)33)25(28(31)35-26)16-20-6-5-13-34-18-20/h2-10,13,17-18,22,29,38H,11-12,14-16H2,1H3. The molecule has 1 aliphatic heterocycles. The van der Waals surface area contributed by atoms with Crippen LogP contribution in [0.5, 0.6) is 5.75 Å². The highest BCUT2D eigenvalue weighted by atomic mass is 35.5. The molecular weight excluding hydrogens is 524 g/mol. The summed E-state index contributed by atoms with van der Waals surface area (Å²) in [4.78, 5) is 22.3. The number of carbonyl (C=O) groups is 1. The second-order valence-electron chi connectivity index (χ2n) is 9.77. The molecule has 0 bridgehead atoms. The highest BCUT2D eigenvalue weighted by Crippen LogP contribution is 2.44. The Labute approximate surface area is 230 Å². The van der Waals surface area contributed by atoms with E-state index in [9.17, 15) is 18.7 Å². The lowest BCUT2D eigenvalue weighted by Crippen LogP contribution is -2.45. The second-order valence-corrected chi connectivity index (χ2v) is 10.1. The minimum Gasteiger partial charge on any atom is -0.434 e. The van der Waals surface area contributed by atoms with Gasteiger partial charge in [-0.2, -0.15) is 8.78 Å². The van der Waals surface area contributed by atoms with Crippen molar-refractivity contribution in [2.75, 3.05) is 13.1 Å². The fourth-order valence-corrected chi connectivity index (χ4v) is 5.75. The van der Waals surface area contributed by atoms with E-state index in [0.29, 0.717) is 53.5 Å². The summed E-state index contributed by atoms with van der Waals surface area (Å²) in [5, 5.41) is 12.8. The number of alkyl halides is 2. The number of nitrogens with zero attached hydrogens (tertiary/aromatic N) is 3. The number of hydrogen-bond donors (Lipinski definition) is 1. The smallest absolute Gasteiger partial charge is 0.387 e. The third-order valence-corrected chi connectivity index (χ3v) is 7.79. The van der Waals surface area contributed by atoms with Crippen molar-refractivity contribution < 1.29 is 23.4 Å². The molecule has 9 heteroatoms. The number of piperidine rings is 1. The number of amides is 1. The minimum absolute atomic E-state index is 0.000272. The van der Waals surface area contributed by atoms with Crippen LogP contribution in [0.25, 0.3) is 10.9 Å². The fourth-order valence-electron chi connectivity index (χ4n) is 5.51. The van der Waals surface area contributed by atoms with Gasteiger partial charge in [0, 0.05) is 49.8 Å². The predicted molar refractivity (Wildman–Crippen MR) is 145 cm³/mol. The summed E-state index contributed by atoms with van der Waals surface area (Å²) in [6.07, 6.45) is 4.60. The number of benzene rings is 2. The van der Waals surface area contributed by atoms with Crippen LogP contribution in [0.3, 0.4) is 0 Å². The number of halogens is 3. The maximum Gasteiger partial charge on any atom is 0.387 e. The summed E-state index contributed by atoms with van der Waals surface area (Å²) in [7, 11) is 0. The molecule has 1 saturated heterocycles. The van der Waals surface area contributed by atoms with E-state index in [-0.39, 0.29) is 29.1 Å². The van der Waals surface area contributed by atoms with E-state index in [4.69, 9.17) is 16.3 Å². The Morgan fingerprint density at radius 3 is 2.51 bits per heavy atom. The molecular formula is C30H28ClF2N3O3. The van der Waals surface area contributed by atoms with Crippen molar-refractivity contribution in [1.29, 1.82) is 0 Å². The highest BCUT2D eigenvalue weighted by Gasteiger charge is 2.42. The number of aromatic nitrogens is 2. The molecule has 5 rings (SSSR count). The average Bonchev–Trinajstić information content (AvgIpc) is 2.95. The number of likely N-dealkylation sites (tertiary alicyclic amines) is 1. The van der Waals surface area contributed by atoms with Crippen molar-refractivity contribution in [1.82, 2.24) is 14.9 Å². The van der Waals surface area contributed by atoms with Gasteiger partial charge in [-0.1, -0.05) is 54.1 Å². The number of fused-ring (bicyclic) bond motifs is 1. The van der Waals surface area contributed by atoms with Crippen molar-refractivity contribution in [2.45, 2.75) is 38.4 Å². The summed E-state index contributed by atoms with van der Waals surface area (Å²) >= 11 is 6.49. The second kappa shape index (κ2) is 11.2. The average molecular weight is 552 g/mol. The molecule has 0 aliphatic carbocycles. The topological polar surface area (TPSA) is 75.6 Å². The molecule has 0 saturated carbocycles. The van der Waals surface area contributed by atoms with Crippen LogP contribution in [0.1, 0.15) is 42.0 Å². The van der Waals surface area contributed by atoms with Crippen LogP contribution in [0.2, 0.25) is 5.15 Å². The van der Waals surface area contributed by atoms with Crippen molar-refractivity contribution in [3.8, 4) is 5.75 Å². The van der Waals surface area contributed by atoms with Gasteiger partial charge in [-0.15, -0.1) is 0 Å². The number of hydrogen-bond acceptors (Lipinski definition) is 5. The molecule has 0 radical (unpaired) electrons. The summed E-state index contributed by atoms with van der Waals surface area (Å²) < 4.78 is 32.5. The van der Waals surface area contributed by atoms with Crippen molar-refractivity contribution in [3.63, 3.8) is 0 Å². The number of rotatable bonds is 7. The van der Waals surface area contributed by atoms with E-state index in [1.165, 1.54) is 0 Å². The van der Waals surface area contributed by atoms with E-state index in [2.05, 4.69) is 9.97 Å². The largest absolute Gasteiger partial charge is 0.434 e. The molecule has 1 fully saturated rings. The molecule has 6 nitrogen and oxygen atoms in total. The zero-order valence-corrected chi connectivity index (χ0v) is 22.1. The van der Waals surface area contributed by atoms with E-state index < -0.39 is 12.2 Å². The molecule has 39 heavy (non-hydrogen) atoms. The van der Waals surface area contributed by atoms with Gasteiger partial charge in [0.2, 0.25) is 5.91 Å². The molecule has 1 atom stereocenters. The molecule has 3 heterocycles. The molecule has 1 N–H and O–H groups in total. The molecule has 0 spiro atoms. The van der Waals surface area contributed by atoms with E-state index in [1.54, 1.807) is 48.5 Å². The first-order chi connectivity index (χ1) is 18.8. The van der Waals surface area contributed by atoms with E-state index in [1.807, 2.05) is 36.4 Å². The number of pyridine rings is 2. The lowest BCUT2D eigenvalue weighted by Gasteiger charge is -2.42. The number of carbonyl (C=O) groups excluding carboxylic acids is 1. The van der Waals surface area contributed by atoms with Crippen LogP contribution in [0.4, 0.5) is 8.78 Å². The van der Waals surface area contributed by atoms with Crippen LogP contribution in [-0.2, 0) is 16.8 Å². The van der Waals surface area contributed by atoms with Gasteiger partial charge >= 0.3 is 6.61 Å². The quantitative estimate of drug-likeness (QED) is 0.286. The van der Waals surface area contributed by atoms with E-state index >= 15 is 0 Å². The highest BCUT2D eigenvalue weighted by molar-refractivity contribution is 6.31. The van der Waals surface area contributed by atoms with Crippen molar-refractivity contribution in [2.24, 2.45) is 5.92 Å². The van der Waals surface area contributed by atoms with Gasteiger partial charge in [-0.25, -0.2) is 4.98 Å². The Balaban J connectivity index is 1.66. The van der Waals surface area contributed by atoms with Crippen LogP contribution in [0.15, 0.2) is 73.1 Å². The van der Waals surface area contributed by atoms with E-state index in [0.717, 1.165) is 5.56 Å². The van der Waals surface area contributed by atoms with Gasteiger partial charge in [-0.3, -0.25) is 9.78 Å². The summed E-state index contributed by atoms with van der Waals surface area (Å²) in [6, 6.07) is 17.9. The molecule has 2 aromatic carbocycles. The first kappa shape index (κ1) is 27.0. The summed E-state index contributed by atoms with van der Waals surface area (Å²) in [5.74, 6) is -0.296. The predicted octanol–water partition coefficient (Wildman–Crippen LogP) is 5.97. The Hall–Kier alpha value is -3.62. The van der Waals surface area contributed by atoms with Gasteiger partial charge in [0.15, 0.2) is 0 Å². The molecule has 202 valence electrons. The Morgan fingerprint density at radius 2 is 1.87 bits per heavy atom. The lowest BCUT2D eigenvalue weighted by molar-refractivity contribution is -0.131. The minimum atomic E-state index is -3.09. The van der Waals surface area contributed by atoms with Crippen LogP contribution < -0.4 is 4.74 Å². The SMILES string of the molecule is CC(=O)N1CCC(C(O)(c2ccccc2)c2ccc3nc(Cl)c(Cc4cccnc4)c(OC(F)F)c3c2)CC1. The van der Waals surface area contributed by atoms with Gasteiger partial charge < -0.3 is 14.7 Å². The molecule has 1 amide bonds. The number of ether oxygens (including phenoxy) is 1. The number of aliphatic hydroxyl groups is 1. The fraction of sp³-hybridized carbons (Fsp3) is 0.300. The Kier molecular flexibility index (Phi) is 7.77. The van der Waals surface area contributed by atoms with Gasteiger partial charge in [0.25, 0.3) is 0 Å². The third-order valence-electron chi connectivity index (χ3n) is 7.48. The zero-order valence-electron chi connectivity index (χ0n) is 21.4. The van der Waals surface area contributed by atoms with Crippen LogP contribution >= 0.6 is 11.6 Å². The molecule has 2 aromatic heterocycles. The maximum absolute atomic E-state index is 13.7. The van der Waals surface area contributed by atoms with Crippen molar-refractivity contribution in [3.05, 3.63) is 100 Å². The van der Waals surface area contributed by atoms with Crippen molar-refractivity contribution >= 4 is 28.4 Å². The normalized spacial score (nSPS) is 15.9. The monoisotopic (exact) mass is 551 g/mol.